The number of carboxylic acid groups (broad SMARTS) is 1. The Morgan fingerprint density at radius 1 is 0.590 bits per heavy atom. The van der Waals surface area contributed by atoms with Crippen molar-refractivity contribution in [3.63, 3.8) is 0 Å². The van der Waals surface area contributed by atoms with Crippen molar-refractivity contribution >= 4 is 41.5 Å². The summed E-state index contributed by atoms with van der Waals surface area (Å²) in [5.41, 5.74) is 29.5. The van der Waals surface area contributed by atoms with Crippen molar-refractivity contribution in [1.82, 2.24) is 26.6 Å². The minimum atomic E-state index is -1.36. The summed E-state index contributed by atoms with van der Waals surface area (Å²) in [6.45, 7) is 4.65. The van der Waals surface area contributed by atoms with Gasteiger partial charge in [-0.15, -0.1) is 0 Å². The Morgan fingerprint density at radius 2 is 1.05 bits per heavy atom. The van der Waals surface area contributed by atoms with Crippen LogP contribution in [0.5, 0.6) is 5.75 Å². The van der Waals surface area contributed by atoms with Gasteiger partial charge >= 0.3 is 5.97 Å². The number of phenols is 1. The molecule has 6 atom stereocenters. The molecule has 0 aliphatic carbocycles. The van der Waals surface area contributed by atoms with Gasteiger partial charge in [-0.05, 0) is 93.6 Å². The molecular formula is C42H67N11O8. The van der Waals surface area contributed by atoms with Gasteiger partial charge in [-0.3, -0.25) is 29.0 Å². The van der Waals surface area contributed by atoms with E-state index >= 15 is 0 Å². The third-order valence-corrected chi connectivity index (χ3v) is 9.71. The van der Waals surface area contributed by atoms with E-state index < -0.39 is 71.8 Å². The second-order valence-corrected chi connectivity index (χ2v) is 15.5. The van der Waals surface area contributed by atoms with Gasteiger partial charge in [-0.2, -0.15) is 0 Å². The van der Waals surface area contributed by atoms with E-state index in [-0.39, 0.29) is 56.3 Å². The van der Waals surface area contributed by atoms with Gasteiger partial charge in [0, 0.05) is 19.4 Å². The van der Waals surface area contributed by atoms with Crippen LogP contribution in [0.3, 0.4) is 0 Å². The highest BCUT2D eigenvalue weighted by Gasteiger charge is 2.33. The third kappa shape index (κ3) is 20.4. The molecule has 0 fully saturated rings. The van der Waals surface area contributed by atoms with Gasteiger partial charge in [0.25, 0.3) is 0 Å². The fourth-order valence-electron chi connectivity index (χ4n) is 6.37. The minimum absolute atomic E-state index is 0.00200. The van der Waals surface area contributed by atoms with Crippen molar-refractivity contribution in [2.24, 2.45) is 39.6 Å². The summed E-state index contributed by atoms with van der Waals surface area (Å²) in [5.74, 6) is -4.92. The number of guanidine groups is 1. The highest BCUT2D eigenvalue weighted by Crippen LogP contribution is 2.14. The second-order valence-electron chi connectivity index (χ2n) is 15.5. The highest BCUT2D eigenvalue weighted by atomic mass is 16.4. The van der Waals surface area contributed by atoms with Crippen LogP contribution < -0.4 is 55.3 Å². The molecule has 338 valence electrons. The van der Waals surface area contributed by atoms with E-state index in [1.54, 1.807) is 30.3 Å². The molecule has 2 aromatic rings. The van der Waals surface area contributed by atoms with Crippen LogP contribution in [0.4, 0.5) is 0 Å². The van der Waals surface area contributed by atoms with Crippen molar-refractivity contribution in [3.8, 4) is 5.75 Å². The Balaban J connectivity index is 2.38. The number of aliphatic carboxylic acids is 1. The first-order chi connectivity index (χ1) is 29.0. The lowest BCUT2D eigenvalue weighted by atomic mass is 9.99. The maximum absolute atomic E-state index is 14.2. The Hall–Kier alpha value is -5.79. The van der Waals surface area contributed by atoms with Crippen LogP contribution in [0.15, 0.2) is 59.6 Å². The first kappa shape index (κ1) is 51.4. The Bertz CT molecular complexity index is 1710. The van der Waals surface area contributed by atoms with Crippen molar-refractivity contribution in [2.45, 2.75) is 121 Å². The van der Waals surface area contributed by atoms with Crippen LogP contribution in [-0.4, -0.2) is 108 Å². The molecule has 17 N–H and O–H groups in total. The number of hydrogen-bond donors (Lipinski definition) is 12. The van der Waals surface area contributed by atoms with Gasteiger partial charge in [-0.1, -0.05) is 62.7 Å². The lowest BCUT2D eigenvalue weighted by Crippen LogP contribution is -2.60. The number of amides is 5. The Labute approximate surface area is 357 Å². The van der Waals surface area contributed by atoms with E-state index in [1.807, 2.05) is 13.8 Å². The number of aliphatic imine (C=N–C) groups is 1. The Kier molecular flexibility index (Phi) is 23.5. The van der Waals surface area contributed by atoms with Gasteiger partial charge in [-0.25, -0.2) is 4.79 Å². The molecule has 0 saturated carbocycles. The van der Waals surface area contributed by atoms with Crippen LogP contribution in [-0.2, 0) is 41.6 Å². The van der Waals surface area contributed by atoms with Crippen LogP contribution in [0.1, 0.15) is 82.8 Å². The average Bonchev–Trinajstić information content (AvgIpc) is 3.21. The predicted molar refractivity (Wildman–Crippen MR) is 232 cm³/mol. The van der Waals surface area contributed by atoms with E-state index in [0.717, 1.165) is 0 Å². The zero-order valence-electron chi connectivity index (χ0n) is 35.3. The number of nitrogens with one attached hydrogen (secondary N) is 5. The minimum Gasteiger partial charge on any atom is -0.508 e. The summed E-state index contributed by atoms with van der Waals surface area (Å²) < 4.78 is 0. The molecule has 0 aliphatic rings. The van der Waals surface area contributed by atoms with Crippen LogP contribution in [0.25, 0.3) is 0 Å². The first-order valence-corrected chi connectivity index (χ1v) is 20.8. The molecule has 0 saturated heterocycles. The van der Waals surface area contributed by atoms with E-state index in [4.69, 9.17) is 28.7 Å². The second kappa shape index (κ2) is 27.9. The molecule has 0 aromatic heterocycles. The monoisotopic (exact) mass is 854 g/mol. The zero-order chi connectivity index (χ0) is 45.3. The summed E-state index contributed by atoms with van der Waals surface area (Å²) in [5, 5.41) is 33.1. The lowest BCUT2D eigenvalue weighted by Gasteiger charge is -2.28. The van der Waals surface area contributed by atoms with Gasteiger partial charge < -0.3 is 65.5 Å². The molecule has 0 spiro atoms. The van der Waals surface area contributed by atoms with Crippen molar-refractivity contribution in [1.29, 1.82) is 0 Å². The molecular weight excluding hydrogens is 787 g/mol. The molecule has 2 aromatic carbocycles. The Morgan fingerprint density at radius 3 is 1.61 bits per heavy atom. The van der Waals surface area contributed by atoms with Crippen LogP contribution in [0.2, 0.25) is 0 Å². The average molecular weight is 854 g/mol. The first-order valence-electron chi connectivity index (χ1n) is 20.8. The van der Waals surface area contributed by atoms with Crippen LogP contribution in [0, 0.1) is 5.92 Å². The predicted octanol–water partition coefficient (Wildman–Crippen LogP) is -0.629. The highest BCUT2D eigenvalue weighted by molar-refractivity contribution is 5.96. The topological polar surface area (TPSA) is 345 Å². The summed E-state index contributed by atoms with van der Waals surface area (Å²) >= 11 is 0. The molecule has 5 amide bonds. The maximum atomic E-state index is 14.2. The summed E-state index contributed by atoms with van der Waals surface area (Å²) in [4.78, 5) is 85.2. The summed E-state index contributed by atoms with van der Waals surface area (Å²) in [6.07, 6.45) is 3.19. The number of nitrogens with zero attached hydrogens (tertiary/aromatic N) is 1. The number of benzene rings is 2. The standard InChI is InChI=1S/C42H67N11O8/c1-26(2)23-33(51-37(56)32(15-10-22-48-42(46)47)49-36(55)30(45)13-6-8-20-43)39(58)52-34(24-27-11-4-3-5-12-27)40(59)50-31(14-7-9-21-44)38(57)53-35(41(60)61)25-28-16-18-29(54)19-17-28/h3-5,11-12,16-19,26,30-35,54H,6-10,13-15,20-25,43-45H2,1-2H3,(H,49,55)(H,50,59)(H,51,56)(H,52,58)(H,53,57)(H,60,61)(H4,46,47,48)/t30-,31-,32-,33-,34-,35-/m0/s1. The normalized spacial score (nSPS) is 14.0. The number of nitrogens with two attached hydrogens (primary N) is 5. The van der Waals surface area contributed by atoms with E-state index in [1.165, 1.54) is 24.3 Å². The molecule has 0 radical (unpaired) electrons. The molecule has 0 aliphatic heterocycles. The van der Waals surface area contributed by atoms with E-state index in [0.29, 0.717) is 62.7 Å². The largest absolute Gasteiger partial charge is 0.508 e. The molecule has 19 heteroatoms. The maximum Gasteiger partial charge on any atom is 0.326 e. The third-order valence-electron chi connectivity index (χ3n) is 9.71. The fraction of sp³-hybridized carbons (Fsp3) is 0.548. The number of unbranched alkanes of at least 4 members (excludes halogenated alkanes) is 2. The lowest BCUT2D eigenvalue weighted by molar-refractivity contribution is -0.142. The van der Waals surface area contributed by atoms with Crippen molar-refractivity contribution < 1.29 is 39.0 Å². The fourth-order valence-corrected chi connectivity index (χ4v) is 6.37. The smallest absolute Gasteiger partial charge is 0.326 e. The zero-order valence-corrected chi connectivity index (χ0v) is 35.3. The van der Waals surface area contributed by atoms with E-state index in [2.05, 4.69) is 31.6 Å². The van der Waals surface area contributed by atoms with Gasteiger partial charge in [0.05, 0.1) is 6.04 Å². The summed E-state index contributed by atoms with van der Waals surface area (Å²) in [7, 11) is 0. The number of carboxylic acids is 1. The summed E-state index contributed by atoms with van der Waals surface area (Å²) in [6, 6.07) is 7.76. The molecule has 19 nitrogen and oxygen atoms in total. The SMILES string of the molecule is CC(C)C[C@H](NC(=O)[C@H](CCCN=C(N)N)NC(=O)[C@@H](N)CCCCN)C(=O)N[C@@H](Cc1ccccc1)C(=O)N[C@@H](CCCCN)C(=O)N[C@@H](Cc1ccc(O)cc1)C(=O)O. The molecule has 0 unspecified atom stereocenters. The molecule has 61 heavy (non-hydrogen) atoms. The number of phenolic OH excluding ortho intramolecular Hbond substituents is 1. The molecule has 0 heterocycles. The van der Waals surface area contributed by atoms with Crippen molar-refractivity contribution in [2.75, 3.05) is 19.6 Å². The van der Waals surface area contributed by atoms with Gasteiger partial charge in [0.2, 0.25) is 29.5 Å². The number of carbonyl (C=O) groups excluding carboxylic acids is 5. The number of rotatable bonds is 29. The number of carbonyl (C=O) groups is 6. The van der Waals surface area contributed by atoms with Gasteiger partial charge in [0.1, 0.15) is 36.0 Å². The van der Waals surface area contributed by atoms with Crippen LogP contribution >= 0.6 is 0 Å². The molecule has 2 rings (SSSR count). The molecule has 0 bridgehead atoms. The number of hydrogen-bond acceptors (Lipinski definition) is 11. The van der Waals surface area contributed by atoms with Crippen molar-refractivity contribution in [3.05, 3.63) is 65.7 Å². The van der Waals surface area contributed by atoms with E-state index in [9.17, 15) is 39.0 Å². The van der Waals surface area contributed by atoms with Gasteiger partial charge in [0.15, 0.2) is 5.96 Å². The quantitative estimate of drug-likeness (QED) is 0.0276. The number of aromatic hydroxyl groups is 1.